The zero-order valence-corrected chi connectivity index (χ0v) is 10.3. The van der Waals surface area contributed by atoms with Gasteiger partial charge in [-0.25, -0.2) is 0 Å². The van der Waals surface area contributed by atoms with E-state index in [2.05, 4.69) is 5.32 Å². The topological polar surface area (TPSA) is 62.5 Å². The third kappa shape index (κ3) is 2.88. The lowest BCUT2D eigenvalue weighted by molar-refractivity contribution is 0.0894. The lowest BCUT2D eigenvalue weighted by Crippen LogP contribution is -2.37. The van der Waals surface area contributed by atoms with Gasteiger partial charge in [-0.15, -0.1) is 0 Å². The summed E-state index contributed by atoms with van der Waals surface area (Å²) < 4.78 is 5.38. The predicted molar refractivity (Wildman–Crippen MR) is 63.9 cm³/mol. The lowest BCUT2D eigenvalue weighted by atomic mass is 10.1. The molecule has 1 aliphatic carbocycles. The van der Waals surface area contributed by atoms with Crippen molar-refractivity contribution < 1.29 is 14.3 Å². The Balaban J connectivity index is 2.02. The maximum absolute atomic E-state index is 12.0. The molecule has 1 amide bonds. The van der Waals surface area contributed by atoms with Crippen LogP contribution in [0.3, 0.4) is 0 Å². The number of hydrogen-bond acceptors (Lipinski definition) is 3. The highest BCUT2D eigenvalue weighted by molar-refractivity contribution is 5.93. The third-order valence-corrected chi connectivity index (χ3v) is 3.19. The Bertz CT molecular complexity index is 407. The van der Waals surface area contributed by atoms with Crippen molar-refractivity contribution in [3.63, 3.8) is 0 Å². The molecular weight excluding hydrogens is 218 g/mol. The van der Waals surface area contributed by atoms with E-state index in [-0.39, 0.29) is 18.6 Å². The highest BCUT2D eigenvalue weighted by Gasteiger charge is 2.32. The highest BCUT2D eigenvalue weighted by Crippen LogP contribution is 2.34. The summed E-state index contributed by atoms with van der Waals surface area (Å²) >= 11 is 0. The summed E-state index contributed by atoms with van der Waals surface area (Å²) in [6, 6.07) is 1.94. The Hall–Kier alpha value is -1.29. The first-order chi connectivity index (χ1) is 8.11. The van der Waals surface area contributed by atoms with Crippen LogP contribution in [0, 0.1) is 19.8 Å². The SMILES string of the molecule is Cc1cc(C)c(C(=O)NC(CCO)C2CC2)o1. The minimum atomic E-state index is -0.166. The van der Waals surface area contributed by atoms with Gasteiger partial charge in [0.15, 0.2) is 5.76 Å². The highest BCUT2D eigenvalue weighted by atomic mass is 16.3. The lowest BCUT2D eigenvalue weighted by Gasteiger charge is -2.16. The minimum absolute atomic E-state index is 0.0808. The Morgan fingerprint density at radius 3 is 2.76 bits per heavy atom. The summed E-state index contributed by atoms with van der Waals surface area (Å²) in [5, 5.41) is 11.9. The number of rotatable bonds is 5. The van der Waals surface area contributed by atoms with E-state index in [9.17, 15) is 4.79 Å². The molecule has 2 N–H and O–H groups in total. The number of aliphatic hydroxyl groups is 1. The quantitative estimate of drug-likeness (QED) is 0.820. The zero-order valence-electron chi connectivity index (χ0n) is 10.3. The van der Waals surface area contributed by atoms with Crippen molar-refractivity contribution in [3.8, 4) is 0 Å². The van der Waals surface area contributed by atoms with E-state index in [1.807, 2.05) is 19.9 Å². The van der Waals surface area contributed by atoms with Crippen LogP contribution in [0.5, 0.6) is 0 Å². The van der Waals surface area contributed by atoms with E-state index in [0.29, 0.717) is 18.1 Å². The van der Waals surface area contributed by atoms with Crippen LogP contribution in [0.25, 0.3) is 0 Å². The Morgan fingerprint density at radius 2 is 2.29 bits per heavy atom. The van der Waals surface area contributed by atoms with Gasteiger partial charge in [0.2, 0.25) is 0 Å². The minimum Gasteiger partial charge on any atom is -0.456 e. The van der Waals surface area contributed by atoms with Crippen molar-refractivity contribution in [1.82, 2.24) is 5.32 Å². The first-order valence-electron chi connectivity index (χ1n) is 6.10. The van der Waals surface area contributed by atoms with Crippen LogP contribution in [-0.4, -0.2) is 23.7 Å². The molecule has 1 atom stereocenters. The van der Waals surface area contributed by atoms with Crippen molar-refractivity contribution in [2.24, 2.45) is 5.92 Å². The molecule has 1 aromatic rings. The second-order valence-corrected chi connectivity index (χ2v) is 4.80. The van der Waals surface area contributed by atoms with Gasteiger partial charge in [-0.1, -0.05) is 0 Å². The van der Waals surface area contributed by atoms with Crippen LogP contribution in [0.1, 0.15) is 41.1 Å². The van der Waals surface area contributed by atoms with Crippen LogP contribution in [0.4, 0.5) is 0 Å². The Kier molecular flexibility index (Phi) is 3.52. The summed E-state index contributed by atoms with van der Waals surface area (Å²) in [6.07, 6.45) is 2.90. The number of nitrogens with one attached hydrogen (secondary N) is 1. The number of furan rings is 1. The molecule has 1 aromatic heterocycles. The van der Waals surface area contributed by atoms with Gasteiger partial charge in [-0.05, 0) is 45.1 Å². The number of carbonyl (C=O) groups is 1. The van der Waals surface area contributed by atoms with E-state index in [1.54, 1.807) is 0 Å². The smallest absolute Gasteiger partial charge is 0.287 e. The third-order valence-electron chi connectivity index (χ3n) is 3.19. The van der Waals surface area contributed by atoms with Crippen LogP contribution in [0.15, 0.2) is 10.5 Å². The number of aliphatic hydroxyl groups excluding tert-OH is 1. The van der Waals surface area contributed by atoms with E-state index < -0.39 is 0 Å². The molecule has 4 heteroatoms. The molecule has 0 radical (unpaired) electrons. The van der Waals surface area contributed by atoms with Crippen molar-refractivity contribution in [1.29, 1.82) is 0 Å². The molecule has 0 aromatic carbocycles. The molecule has 94 valence electrons. The molecule has 0 spiro atoms. The Morgan fingerprint density at radius 1 is 1.59 bits per heavy atom. The summed E-state index contributed by atoms with van der Waals surface area (Å²) in [4.78, 5) is 12.0. The van der Waals surface area contributed by atoms with Crippen LogP contribution < -0.4 is 5.32 Å². The molecule has 0 aliphatic heterocycles. The molecule has 1 unspecified atom stereocenters. The fourth-order valence-electron chi connectivity index (χ4n) is 2.16. The number of carbonyl (C=O) groups excluding carboxylic acids is 1. The summed E-state index contributed by atoms with van der Waals surface area (Å²) in [5.74, 6) is 1.51. The monoisotopic (exact) mass is 237 g/mol. The van der Waals surface area contributed by atoms with Gasteiger partial charge in [0.1, 0.15) is 5.76 Å². The predicted octanol–water partition coefficient (Wildman–Crippen LogP) is 1.79. The van der Waals surface area contributed by atoms with Gasteiger partial charge in [0.05, 0.1) is 0 Å². The van der Waals surface area contributed by atoms with Crippen molar-refractivity contribution >= 4 is 5.91 Å². The average Bonchev–Trinajstić information content (AvgIpc) is 3.04. The molecule has 0 saturated heterocycles. The van der Waals surface area contributed by atoms with Crippen molar-refractivity contribution in [3.05, 3.63) is 23.2 Å². The van der Waals surface area contributed by atoms with E-state index in [4.69, 9.17) is 9.52 Å². The maximum Gasteiger partial charge on any atom is 0.287 e. The van der Waals surface area contributed by atoms with Crippen molar-refractivity contribution in [2.75, 3.05) is 6.61 Å². The fraction of sp³-hybridized carbons (Fsp3) is 0.615. The van der Waals surface area contributed by atoms with Gasteiger partial charge < -0.3 is 14.8 Å². The van der Waals surface area contributed by atoms with Crippen molar-refractivity contribution in [2.45, 2.75) is 39.2 Å². The molecule has 1 heterocycles. The second kappa shape index (κ2) is 4.92. The fourth-order valence-corrected chi connectivity index (χ4v) is 2.16. The standard InChI is InChI=1S/C13H19NO3/c1-8-7-9(2)17-12(8)13(16)14-11(5-6-15)10-3-4-10/h7,10-11,15H,3-6H2,1-2H3,(H,14,16). The van der Waals surface area contributed by atoms with E-state index >= 15 is 0 Å². The molecule has 1 aliphatic rings. The molecular formula is C13H19NO3. The van der Waals surface area contributed by atoms with E-state index in [0.717, 1.165) is 24.2 Å². The van der Waals surface area contributed by atoms with Gasteiger partial charge in [-0.3, -0.25) is 4.79 Å². The molecule has 1 fully saturated rings. The first-order valence-corrected chi connectivity index (χ1v) is 6.10. The molecule has 4 nitrogen and oxygen atoms in total. The van der Waals surface area contributed by atoms with Crippen LogP contribution >= 0.6 is 0 Å². The normalized spacial score (nSPS) is 16.9. The summed E-state index contributed by atoms with van der Waals surface area (Å²) in [6.45, 7) is 3.80. The zero-order chi connectivity index (χ0) is 12.4. The second-order valence-electron chi connectivity index (χ2n) is 4.80. The van der Waals surface area contributed by atoms with Gasteiger partial charge in [-0.2, -0.15) is 0 Å². The molecule has 0 bridgehead atoms. The number of aryl methyl sites for hydroxylation is 2. The van der Waals surface area contributed by atoms with E-state index in [1.165, 1.54) is 0 Å². The number of hydrogen-bond donors (Lipinski definition) is 2. The van der Waals surface area contributed by atoms with Gasteiger partial charge >= 0.3 is 0 Å². The van der Waals surface area contributed by atoms with Gasteiger partial charge in [0.25, 0.3) is 5.91 Å². The largest absolute Gasteiger partial charge is 0.456 e. The summed E-state index contributed by atoms with van der Waals surface area (Å²) in [7, 11) is 0. The van der Waals surface area contributed by atoms with Crippen LogP contribution in [-0.2, 0) is 0 Å². The van der Waals surface area contributed by atoms with Crippen LogP contribution in [0.2, 0.25) is 0 Å². The number of amides is 1. The first kappa shape index (κ1) is 12.2. The Labute approximate surface area is 101 Å². The molecule has 1 saturated carbocycles. The average molecular weight is 237 g/mol. The molecule has 2 rings (SSSR count). The molecule has 17 heavy (non-hydrogen) atoms. The summed E-state index contributed by atoms with van der Waals surface area (Å²) in [5.41, 5.74) is 0.860. The van der Waals surface area contributed by atoms with Gasteiger partial charge in [0, 0.05) is 18.2 Å². The maximum atomic E-state index is 12.0.